The molecular weight excluding hydrogens is 218 g/mol. The molecule has 4 heteroatoms. The van der Waals surface area contributed by atoms with E-state index in [4.69, 9.17) is 4.84 Å². The normalized spacial score (nSPS) is 15.5. The van der Waals surface area contributed by atoms with Crippen LogP contribution in [0.4, 0.5) is 0 Å². The van der Waals surface area contributed by atoms with Crippen molar-refractivity contribution in [1.82, 2.24) is 5.48 Å². The van der Waals surface area contributed by atoms with E-state index in [1.54, 1.807) is 24.3 Å². The summed E-state index contributed by atoms with van der Waals surface area (Å²) in [5.74, 6) is -0.720. The first-order chi connectivity index (χ1) is 8.27. The lowest BCUT2D eigenvalue weighted by atomic mass is 10.1. The number of amides is 1. The van der Waals surface area contributed by atoms with E-state index in [1.807, 2.05) is 6.07 Å². The minimum absolute atomic E-state index is 0.00132. The Morgan fingerprint density at radius 1 is 1.12 bits per heavy atom. The van der Waals surface area contributed by atoms with Crippen molar-refractivity contribution < 1.29 is 14.4 Å². The van der Waals surface area contributed by atoms with E-state index < -0.39 is 5.97 Å². The van der Waals surface area contributed by atoms with Crippen molar-refractivity contribution >= 4 is 11.9 Å². The highest BCUT2D eigenvalue weighted by Gasteiger charge is 2.23. The van der Waals surface area contributed by atoms with E-state index in [-0.39, 0.29) is 11.8 Å². The molecule has 0 spiro atoms. The highest BCUT2D eigenvalue weighted by Crippen LogP contribution is 2.24. The van der Waals surface area contributed by atoms with Gasteiger partial charge in [0, 0.05) is 5.92 Å². The van der Waals surface area contributed by atoms with E-state index >= 15 is 0 Å². The van der Waals surface area contributed by atoms with E-state index in [0.29, 0.717) is 5.56 Å². The van der Waals surface area contributed by atoms with Crippen molar-refractivity contribution in [3.8, 4) is 0 Å². The molecule has 90 valence electrons. The van der Waals surface area contributed by atoms with E-state index in [1.165, 1.54) is 0 Å². The maximum absolute atomic E-state index is 11.6. The molecule has 0 radical (unpaired) electrons. The van der Waals surface area contributed by atoms with Crippen molar-refractivity contribution in [2.75, 3.05) is 0 Å². The second-order valence-electron chi connectivity index (χ2n) is 4.20. The third kappa shape index (κ3) is 3.06. The SMILES string of the molecule is O=C(ONC(=O)C1CCCC1)c1ccccc1. The van der Waals surface area contributed by atoms with Crippen LogP contribution in [0.3, 0.4) is 0 Å². The predicted molar refractivity (Wildman–Crippen MR) is 62.0 cm³/mol. The van der Waals surface area contributed by atoms with E-state index in [9.17, 15) is 9.59 Å². The van der Waals surface area contributed by atoms with E-state index in [0.717, 1.165) is 25.7 Å². The maximum Gasteiger partial charge on any atom is 0.362 e. The Labute approximate surface area is 99.9 Å². The van der Waals surface area contributed by atoms with Crippen LogP contribution in [-0.2, 0) is 9.63 Å². The van der Waals surface area contributed by atoms with Crippen LogP contribution in [0, 0.1) is 5.92 Å². The summed E-state index contributed by atoms with van der Waals surface area (Å²) in [6.45, 7) is 0. The average molecular weight is 233 g/mol. The molecule has 0 aliphatic heterocycles. The number of hydrogen-bond donors (Lipinski definition) is 1. The molecule has 1 aliphatic rings. The van der Waals surface area contributed by atoms with Crippen molar-refractivity contribution in [3.63, 3.8) is 0 Å². The molecule has 0 aromatic heterocycles. The Morgan fingerprint density at radius 3 is 2.41 bits per heavy atom. The lowest BCUT2D eigenvalue weighted by Gasteiger charge is -2.09. The lowest BCUT2D eigenvalue weighted by molar-refractivity contribution is -0.133. The maximum atomic E-state index is 11.6. The minimum atomic E-state index is -0.531. The molecule has 17 heavy (non-hydrogen) atoms. The second-order valence-corrected chi connectivity index (χ2v) is 4.20. The fourth-order valence-corrected chi connectivity index (χ4v) is 2.00. The fraction of sp³-hybridized carbons (Fsp3) is 0.385. The molecule has 1 amide bonds. The Hall–Kier alpha value is -1.84. The Bertz CT molecular complexity index is 396. The van der Waals surface area contributed by atoms with Gasteiger partial charge in [0.05, 0.1) is 5.56 Å². The van der Waals surface area contributed by atoms with Gasteiger partial charge in [0.2, 0.25) is 0 Å². The molecule has 1 fully saturated rings. The summed E-state index contributed by atoms with van der Waals surface area (Å²) in [4.78, 5) is 27.9. The largest absolute Gasteiger partial charge is 0.362 e. The number of hydroxylamine groups is 1. The number of benzene rings is 1. The van der Waals surface area contributed by atoms with Crippen molar-refractivity contribution in [2.24, 2.45) is 5.92 Å². The molecule has 1 aromatic rings. The molecule has 0 unspecified atom stereocenters. The van der Waals surface area contributed by atoms with Gasteiger partial charge in [0.1, 0.15) is 0 Å². The van der Waals surface area contributed by atoms with Crippen molar-refractivity contribution in [1.29, 1.82) is 0 Å². The number of rotatable bonds is 2. The van der Waals surface area contributed by atoms with Crippen LogP contribution in [0.1, 0.15) is 36.0 Å². The van der Waals surface area contributed by atoms with Crippen LogP contribution >= 0.6 is 0 Å². The van der Waals surface area contributed by atoms with Crippen LogP contribution in [0.5, 0.6) is 0 Å². The first-order valence-electron chi connectivity index (χ1n) is 5.83. The van der Waals surface area contributed by atoms with Crippen LogP contribution in [0.15, 0.2) is 30.3 Å². The van der Waals surface area contributed by atoms with Gasteiger partial charge in [-0.2, -0.15) is 5.48 Å². The highest BCUT2D eigenvalue weighted by molar-refractivity contribution is 5.90. The summed E-state index contributed by atoms with van der Waals surface area (Å²) in [7, 11) is 0. The van der Waals surface area contributed by atoms with Gasteiger partial charge in [0.25, 0.3) is 5.91 Å². The first kappa shape index (κ1) is 11.6. The van der Waals surface area contributed by atoms with Crippen LogP contribution < -0.4 is 5.48 Å². The summed E-state index contributed by atoms with van der Waals surface area (Å²) < 4.78 is 0. The quantitative estimate of drug-likeness (QED) is 0.795. The number of carbonyl (C=O) groups excluding carboxylic acids is 2. The van der Waals surface area contributed by atoms with Crippen LogP contribution in [-0.4, -0.2) is 11.9 Å². The molecule has 0 saturated heterocycles. The summed E-state index contributed by atoms with van der Waals surface area (Å²) in [5.41, 5.74) is 2.66. The molecule has 4 nitrogen and oxygen atoms in total. The standard InChI is InChI=1S/C13H15NO3/c15-12(10-6-4-5-7-10)14-17-13(16)11-8-2-1-3-9-11/h1-3,8-10H,4-7H2,(H,14,15). The van der Waals surface area contributed by atoms with Gasteiger partial charge in [-0.3, -0.25) is 4.79 Å². The van der Waals surface area contributed by atoms with Crippen molar-refractivity contribution in [3.05, 3.63) is 35.9 Å². The minimum Gasteiger partial charge on any atom is -0.335 e. The fourth-order valence-electron chi connectivity index (χ4n) is 2.00. The van der Waals surface area contributed by atoms with Crippen LogP contribution in [0.25, 0.3) is 0 Å². The number of carbonyl (C=O) groups is 2. The number of hydrogen-bond acceptors (Lipinski definition) is 3. The first-order valence-corrected chi connectivity index (χ1v) is 5.83. The zero-order valence-electron chi connectivity index (χ0n) is 9.52. The number of nitrogens with one attached hydrogen (secondary N) is 1. The molecule has 1 saturated carbocycles. The molecule has 2 rings (SSSR count). The molecule has 0 heterocycles. The topological polar surface area (TPSA) is 55.4 Å². The van der Waals surface area contributed by atoms with Crippen molar-refractivity contribution in [2.45, 2.75) is 25.7 Å². The molecule has 1 aliphatic carbocycles. The Morgan fingerprint density at radius 2 is 1.76 bits per heavy atom. The molecule has 1 N–H and O–H groups in total. The summed E-state index contributed by atoms with van der Waals surface area (Å²) in [5, 5.41) is 0. The monoisotopic (exact) mass is 233 g/mol. The van der Waals surface area contributed by atoms with Gasteiger partial charge in [0.15, 0.2) is 0 Å². The lowest BCUT2D eigenvalue weighted by Crippen LogP contribution is -2.31. The summed E-state index contributed by atoms with van der Waals surface area (Å²) >= 11 is 0. The summed E-state index contributed by atoms with van der Waals surface area (Å²) in [6, 6.07) is 8.59. The third-order valence-electron chi connectivity index (χ3n) is 2.98. The molecule has 0 bridgehead atoms. The zero-order chi connectivity index (χ0) is 12.1. The average Bonchev–Trinajstić information content (AvgIpc) is 2.90. The van der Waals surface area contributed by atoms with Crippen LogP contribution in [0.2, 0.25) is 0 Å². The van der Waals surface area contributed by atoms with Gasteiger partial charge >= 0.3 is 5.97 Å². The van der Waals surface area contributed by atoms with Gasteiger partial charge in [-0.15, -0.1) is 0 Å². The molecule has 0 atom stereocenters. The molecular formula is C13H15NO3. The van der Waals surface area contributed by atoms with E-state index in [2.05, 4.69) is 5.48 Å². The smallest absolute Gasteiger partial charge is 0.335 e. The zero-order valence-corrected chi connectivity index (χ0v) is 9.52. The van der Waals surface area contributed by atoms with Gasteiger partial charge in [-0.05, 0) is 25.0 Å². The third-order valence-corrected chi connectivity index (χ3v) is 2.98. The second kappa shape index (κ2) is 5.48. The summed E-state index contributed by atoms with van der Waals surface area (Å²) in [6.07, 6.45) is 3.92. The van der Waals surface area contributed by atoms with Gasteiger partial charge in [-0.1, -0.05) is 31.0 Å². The predicted octanol–water partition coefficient (Wildman–Crippen LogP) is 2.06. The van der Waals surface area contributed by atoms with Gasteiger partial charge in [-0.25, -0.2) is 4.79 Å². The van der Waals surface area contributed by atoms with Gasteiger partial charge < -0.3 is 4.84 Å². The highest BCUT2D eigenvalue weighted by atomic mass is 16.7. The Kier molecular flexibility index (Phi) is 3.75. The Balaban J connectivity index is 1.82. The molecule has 1 aromatic carbocycles.